The monoisotopic (exact) mass is 397 g/mol. The van der Waals surface area contributed by atoms with Crippen LogP contribution < -0.4 is 4.90 Å². The number of carbonyl (C=O) groups is 2. The van der Waals surface area contributed by atoms with Gasteiger partial charge in [-0.1, -0.05) is 6.92 Å². The molecule has 8 nitrogen and oxygen atoms in total. The highest BCUT2D eigenvalue weighted by Gasteiger charge is 2.25. The fourth-order valence-corrected chi connectivity index (χ4v) is 3.84. The summed E-state index contributed by atoms with van der Waals surface area (Å²) in [7, 11) is 0. The van der Waals surface area contributed by atoms with Gasteiger partial charge < -0.3 is 24.0 Å². The minimum atomic E-state index is -0.0771. The zero-order valence-corrected chi connectivity index (χ0v) is 16.8. The minimum Gasteiger partial charge on any atom is -0.459 e. The van der Waals surface area contributed by atoms with E-state index in [-0.39, 0.29) is 11.8 Å². The molecular formula is C21H27N5O3. The lowest BCUT2D eigenvalue weighted by atomic mass is 10.2. The van der Waals surface area contributed by atoms with Gasteiger partial charge in [0.05, 0.1) is 11.8 Å². The molecule has 4 heterocycles. The van der Waals surface area contributed by atoms with Gasteiger partial charge >= 0.3 is 0 Å². The SMILES string of the molecule is CCN1CCN(C(=O)c2ccc(N3CCN(C(=O)c4ccco4)CC3)nc2)CC1. The highest BCUT2D eigenvalue weighted by molar-refractivity contribution is 5.94. The summed E-state index contributed by atoms with van der Waals surface area (Å²) in [5.41, 5.74) is 0.630. The van der Waals surface area contributed by atoms with Crippen molar-refractivity contribution in [2.24, 2.45) is 0 Å². The molecule has 2 aromatic rings. The summed E-state index contributed by atoms with van der Waals surface area (Å²) in [5.74, 6) is 1.18. The largest absolute Gasteiger partial charge is 0.459 e. The van der Waals surface area contributed by atoms with Crippen LogP contribution in [0.2, 0.25) is 0 Å². The molecule has 0 N–H and O–H groups in total. The molecule has 4 rings (SSSR count). The van der Waals surface area contributed by atoms with Crippen molar-refractivity contribution in [3.05, 3.63) is 48.0 Å². The number of nitrogens with zero attached hydrogens (tertiary/aromatic N) is 5. The van der Waals surface area contributed by atoms with E-state index in [9.17, 15) is 9.59 Å². The number of furan rings is 1. The van der Waals surface area contributed by atoms with Crippen molar-refractivity contribution in [3.8, 4) is 0 Å². The highest BCUT2D eigenvalue weighted by atomic mass is 16.3. The topological polar surface area (TPSA) is 73.1 Å². The van der Waals surface area contributed by atoms with Crippen molar-refractivity contribution in [3.63, 3.8) is 0 Å². The molecule has 0 saturated carbocycles. The standard InChI is InChI=1S/C21H27N5O3/c1-2-23-7-9-25(10-8-23)20(27)17-5-6-19(22-16-17)24-11-13-26(14-12-24)21(28)18-4-3-15-29-18/h3-6,15-16H,2,7-14H2,1H3. The molecule has 2 aliphatic rings. The first kappa shape index (κ1) is 19.4. The minimum absolute atomic E-state index is 0.0497. The van der Waals surface area contributed by atoms with Gasteiger partial charge in [-0.15, -0.1) is 0 Å². The van der Waals surface area contributed by atoms with E-state index in [1.54, 1.807) is 23.2 Å². The van der Waals surface area contributed by atoms with Gasteiger partial charge in [-0.3, -0.25) is 9.59 Å². The van der Waals surface area contributed by atoms with Gasteiger partial charge in [0.15, 0.2) is 5.76 Å². The highest BCUT2D eigenvalue weighted by Crippen LogP contribution is 2.17. The summed E-state index contributed by atoms with van der Waals surface area (Å²) in [5, 5.41) is 0. The van der Waals surface area contributed by atoms with E-state index in [0.29, 0.717) is 37.5 Å². The van der Waals surface area contributed by atoms with E-state index in [0.717, 1.165) is 38.5 Å². The first-order valence-corrected chi connectivity index (χ1v) is 10.2. The Morgan fingerprint density at radius 1 is 0.931 bits per heavy atom. The van der Waals surface area contributed by atoms with Gasteiger partial charge in [-0.25, -0.2) is 4.98 Å². The van der Waals surface area contributed by atoms with Crippen molar-refractivity contribution >= 4 is 17.6 Å². The second-order valence-electron chi connectivity index (χ2n) is 7.39. The van der Waals surface area contributed by atoms with Crippen LogP contribution >= 0.6 is 0 Å². The Bertz CT molecular complexity index is 821. The quantitative estimate of drug-likeness (QED) is 0.777. The van der Waals surface area contributed by atoms with Crippen molar-refractivity contribution in [1.82, 2.24) is 19.7 Å². The number of likely N-dealkylation sites (N-methyl/N-ethyl adjacent to an activating group) is 1. The third-order valence-corrected chi connectivity index (χ3v) is 5.72. The number of piperazine rings is 2. The smallest absolute Gasteiger partial charge is 0.289 e. The molecule has 0 atom stereocenters. The Morgan fingerprint density at radius 3 is 2.21 bits per heavy atom. The van der Waals surface area contributed by atoms with Crippen molar-refractivity contribution in [2.75, 3.05) is 63.8 Å². The number of hydrogen-bond acceptors (Lipinski definition) is 6. The third-order valence-electron chi connectivity index (χ3n) is 5.72. The average Bonchev–Trinajstić information content (AvgIpc) is 3.33. The molecule has 8 heteroatoms. The van der Waals surface area contributed by atoms with E-state index in [4.69, 9.17) is 4.42 Å². The van der Waals surface area contributed by atoms with Crippen LogP contribution in [0.3, 0.4) is 0 Å². The van der Waals surface area contributed by atoms with E-state index in [2.05, 4.69) is 21.7 Å². The number of carbonyl (C=O) groups excluding carboxylic acids is 2. The van der Waals surface area contributed by atoms with E-state index < -0.39 is 0 Å². The summed E-state index contributed by atoms with van der Waals surface area (Å²) < 4.78 is 5.20. The summed E-state index contributed by atoms with van der Waals surface area (Å²) in [6.45, 7) is 9.18. The summed E-state index contributed by atoms with van der Waals surface area (Å²) in [6, 6.07) is 7.17. The number of rotatable bonds is 4. The summed E-state index contributed by atoms with van der Waals surface area (Å²) in [6.07, 6.45) is 3.18. The lowest BCUT2D eigenvalue weighted by Gasteiger charge is -2.35. The third kappa shape index (κ3) is 4.27. The molecule has 2 fully saturated rings. The van der Waals surface area contributed by atoms with E-state index in [1.807, 2.05) is 17.0 Å². The van der Waals surface area contributed by atoms with Crippen molar-refractivity contribution in [1.29, 1.82) is 0 Å². The van der Waals surface area contributed by atoms with Gasteiger partial charge in [0, 0.05) is 58.6 Å². The zero-order valence-electron chi connectivity index (χ0n) is 16.8. The predicted molar refractivity (Wildman–Crippen MR) is 109 cm³/mol. The van der Waals surface area contributed by atoms with E-state index >= 15 is 0 Å². The first-order valence-electron chi connectivity index (χ1n) is 10.2. The number of amides is 2. The maximum absolute atomic E-state index is 12.7. The number of hydrogen-bond donors (Lipinski definition) is 0. The molecule has 154 valence electrons. The number of aromatic nitrogens is 1. The Morgan fingerprint density at radius 2 is 1.62 bits per heavy atom. The molecule has 2 amide bonds. The van der Waals surface area contributed by atoms with Crippen LogP contribution in [0, 0.1) is 0 Å². The lowest BCUT2D eigenvalue weighted by Crippen LogP contribution is -2.49. The normalized spacial score (nSPS) is 18.2. The van der Waals surface area contributed by atoms with Crippen LogP contribution in [0.5, 0.6) is 0 Å². The van der Waals surface area contributed by atoms with Crippen LogP contribution in [0.15, 0.2) is 41.1 Å². The van der Waals surface area contributed by atoms with Crippen LogP contribution in [0.1, 0.15) is 27.8 Å². The Kier molecular flexibility index (Phi) is 5.80. The molecule has 29 heavy (non-hydrogen) atoms. The molecule has 0 radical (unpaired) electrons. The van der Waals surface area contributed by atoms with Crippen molar-refractivity contribution in [2.45, 2.75) is 6.92 Å². The molecule has 2 aliphatic heterocycles. The average molecular weight is 397 g/mol. The second kappa shape index (κ2) is 8.65. The number of anilines is 1. The molecule has 2 aromatic heterocycles. The van der Waals surface area contributed by atoms with Crippen LogP contribution in [-0.4, -0.2) is 90.4 Å². The second-order valence-corrected chi connectivity index (χ2v) is 7.39. The predicted octanol–water partition coefficient (Wildman–Crippen LogP) is 1.41. The lowest BCUT2D eigenvalue weighted by molar-refractivity contribution is 0.0642. The Hall–Kier alpha value is -2.87. The van der Waals surface area contributed by atoms with Crippen LogP contribution in [-0.2, 0) is 0 Å². The molecule has 0 aliphatic carbocycles. The summed E-state index contributed by atoms with van der Waals surface area (Å²) >= 11 is 0. The summed E-state index contributed by atoms with van der Waals surface area (Å²) in [4.78, 5) is 37.8. The van der Waals surface area contributed by atoms with Gasteiger partial charge in [-0.05, 0) is 30.8 Å². The molecule has 0 unspecified atom stereocenters. The van der Waals surface area contributed by atoms with Gasteiger partial charge in [0.25, 0.3) is 11.8 Å². The molecule has 0 bridgehead atoms. The van der Waals surface area contributed by atoms with Crippen LogP contribution in [0.4, 0.5) is 5.82 Å². The Balaban J connectivity index is 1.32. The fraction of sp³-hybridized carbons (Fsp3) is 0.476. The maximum atomic E-state index is 12.7. The molecule has 0 aromatic carbocycles. The van der Waals surface area contributed by atoms with Crippen LogP contribution in [0.25, 0.3) is 0 Å². The molecular weight excluding hydrogens is 370 g/mol. The molecule has 0 spiro atoms. The maximum Gasteiger partial charge on any atom is 0.289 e. The van der Waals surface area contributed by atoms with E-state index in [1.165, 1.54) is 6.26 Å². The molecule has 2 saturated heterocycles. The number of pyridine rings is 1. The zero-order chi connectivity index (χ0) is 20.2. The van der Waals surface area contributed by atoms with Gasteiger partial charge in [0.2, 0.25) is 0 Å². The van der Waals surface area contributed by atoms with Gasteiger partial charge in [-0.2, -0.15) is 0 Å². The van der Waals surface area contributed by atoms with Gasteiger partial charge in [0.1, 0.15) is 5.82 Å². The Labute approximate surface area is 170 Å². The fourth-order valence-electron chi connectivity index (χ4n) is 3.84. The first-order chi connectivity index (χ1) is 14.2. The van der Waals surface area contributed by atoms with Crippen molar-refractivity contribution < 1.29 is 14.0 Å².